The number of aliphatic hydroxyl groups excluding tert-OH is 1. The molecule has 1 aromatic carbocycles. The zero-order valence-electron chi connectivity index (χ0n) is 10.6. The maximum atomic E-state index is 9.34. The topological polar surface area (TPSA) is 41.5 Å². The average molecular weight is 302 g/mol. The van der Waals surface area contributed by atoms with Gasteiger partial charge in [0.2, 0.25) is 0 Å². The number of rotatable bonds is 6. The van der Waals surface area contributed by atoms with Crippen LogP contribution in [0.5, 0.6) is 5.75 Å². The molecule has 0 aromatic heterocycles. The second kappa shape index (κ2) is 6.38. The Bertz CT molecular complexity index is 364. The molecule has 1 atom stereocenters. The van der Waals surface area contributed by atoms with E-state index in [0.29, 0.717) is 6.54 Å². The minimum atomic E-state index is -0.243. The normalized spacial score (nSPS) is 14.4. The highest BCUT2D eigenvalue weighted by Crippen LogP contribution is 2.23. The van der Waals surface area contributed by atoms with Crippen LogP contribution in [0, 0.1) is 0 Å². The van der Waals surface area contributed by atoms with Gasteiger partial charge in [0.1, 0.15) is 5.75 Å². The zero-order chi connectivity index (χ0) is 12.9. The monoisotopic (exact) mass is 301 g/mol. The van der Waals surface area contributed by atoms with Crippen LogP contribution in [0.1, 0.15) is 25.8 Å². The molecule has 0 amide bonds. The molecule has 0 fully saturated rings. The number of hydrogen-bond acceptors (Lipinski definition) is 3. The Hall–Kier alpha value is -0.580. The molecule has 0 aliphatic heterocycles. The summed E-state index contributed by atoms with van der Waals surface area (Å²) in [6.45, 7) is 4.87. The van der Waals surface area contributed by atoms with E-state index in [0.717, 1.165) is 22.2 Å². The van der Waals surface area contributed by atoms with Gasteiger partial charge in [0.15, 0.2) is 0 Å². The molecule has 3 nitrogen and oxygen atoms in total. The van der Waals surface area contributed by atoms with Crippen LogP contribution >= 0.6 is 15.9 Å². The summed E-state index contributed by atoms with van der Waals surface area (Å²) in [6, 6.07) is 5.91. The van der Waals surface area contributed by atoms with Crippen molar-refractivity contribution in [1.82, 2.24) is 5.32 Å². The lowest BCUT2D eigenvalue weighted by molar-refractivity contribution is 0.168. The van der Waals surface area contributed by atoms with Crippen LogP contribution in [0.4, 0.5) is 0 Å². The summed E-state index contributed by atoms with van der Waals surface area (Å²) in [6.07, 6.45) is 0.875. The second-order valence-electron chi connectivity index (χ2n) is 4.38. The number of aliphatic hydroxyl groups is 1. The minimum Gasteiger partial charge on any atom is -0.496 e. The highest BCUT2D eigenvalue weighted by Gasteiger charge is 2.20. The maximum absolute atomic E-state index is 9.34. The standard InChI is InChI=1S/C13H20BrNO2/c1-4-13(2,9-16)15-8-10-7-11(14)5-6-12(10)17-3/h5-7,15-16H,4,8-9H2,1-3H3. The van der Waals surface area contributed by atoms with Gasteiger partial charge in [-0.15, -0.1) is 0 Å². The van der Waals surface area contributed by atoms with Gasteiger partial charge >= 0.3 is 0 Å². The van der Waals surface area contributed by atoms with Crippen molar-refractivity contribution in [2.75, 3.05) is 13.7 Å². The molecule has 0 aliphatic carbocycles. The number of hydrogen-bond donors (Lipinski definition) is 2. The molecule has 1 aromatic rings. The van der Waals surface area contributed by atoms with Gasteiger partial charge in [-0.2, -0.15) is 0 Å². The Labute approximate surface area is 111 Å². The fraction of sp³-hybridized carbons (Fsp3) is 0.538. The minimum absolute atomic E-state index is 0.125. The van der Waals surface area contributed by atoms with Gasteiger partial charge in [0.05, 0.1) is 13.7 Å². The molecule has 1 unspecified atom stereocenters. The smallest absolute Gasteiger partial charge is 0.123 e. The van der Waals surface area contributed by atoms with E-state index in [-0.39, 0.29) is 12.1 Å². The molecule has 0 radical (unpaired) electrons. The maximum Gasteiger partial charge on any atom is 0.123 e. The lowest BCUT2D eigenvalue weighted by Gasteiger charge is -2.27. The van der Waals surface area contributed by atoms with Crippen LogP contribution in [-0.2, 0) is 6.54 Å². The Morgan fingerprint density at radius 3 is 2.71 bits per heavy atom. The number of nitrogens with one attached hydrogen (secondary N) is 1. The first-order chi connectivity index (χ1) is 8.04. The van der Waals surface area contributed by atoms with Gasteiger partial charge < -0.3 is 15.2 Å². The Morgan fingerprint density at radius 1 is 1.47 bits per heavy atom. The van der Waals surface area contributed by atoms with Crippen molar-refractivity contribution < 1.29 is 9.84 Å². The van der Waals surface area contributed by atoms with Crippen LogP contribution in [0.3, 0.4) is 0 Å². The molecular weight excluding hydrogens is 282 g/mol. The van der Waals surface area contributed by atoms with Crippen molar-refractivity contribution in [2.45, 2.75) is 32.4 Å². The first kappa shape index (κ1) is 14.5. The molecule has 0 aliphatic rings. The molecule has 0 bridgehead atoms. The second-order valence-corrected chi connectivity index (χ2v) is 5.30. The summed E-state index contributed by atoms with van der Waals surface area (Å²) in [4.78, 5) is 0. The Morgan fingerprint density at radius 2 is 2.18 bits per heavy atom. The van der Waals surface area contributed by atoms with Crippen molar-refractivity contribution in [3.63, 3.8) is 0 Å². The summed E-state index contributed by atoms with van der Waals surface area (Å²) in [5, 5.41) is 12.7. The lowest BCUT2D eigenvalue weighted by atomic mass is 10.00. The molecular formula is C13H20BrNO2. The Balaban J connectivity index is 2.77. The van der Waals surface area contributed by atoms with Gasteiger partial charge in [-0.3, -0.25) is 0 Å². The lowest BCUT2D eigenvalue weighted by Crippen LogP contribution is -2.44. The van der Waals surface area contributed by atoms with Crippen LogP contribution in [0.25, 0.3) is 0 Å². The van der Waals surface area contributed by atoms with E-state index in [9.17, 15) is 5.11 Å². The van der Waals surface area contributed by atoms with E-state index in [2.05, 4.69) is 28.2 Å². The third-order valence-electron chi connectivity index (χ3n) is 3.08. The zero-order valence-corrected chi connectivity index (χ0v) is 12.2. The van der Waals surface area contributed by atoms with Gasteiger partial charge in [-0.25, -0.2) is 0 Å². The van der Waals surface area contributed by atoms with E-state index in [1.807, 2.05) is 25.1 Å². The SMILES string of the molecule is CCC(C)(CO)NCc1cc(Br)ccc1OC. The quantitative estimate of drug-likeness (QED) is 0.849. The number of ether oxygens (including phenoxy) is 1. The number of benzene rings is 1. The molecule has 0 spiro atoms. The highest BCUT2D eigenvalue weighted by molar-refractivity contribution is 9.10. The summed E-state index contributed by atoms with van der Waals surface area (Å²) in [7, 11) is 1.66. The van der Waals surface area contributed by atoms with Gasteiger partial charge in [-0.1, -0.05) is 22.9 Å². The van der Waals surface area contributed by atoms with E-state index < -0.39 is 0 Å². The molecule has 0 saturated carbocycles. The number of halogens is 1. The van der Waals surface area contributed by atoms with Crippen molar-refractivity contribution in [2.24, 2.45) is 0 Å². The third-order valence-corrected chi connectivity index (χ3v) is 3.57. The largest absolute Gasteiger partial charge is 0.496 e. The highest BCUT2D eigenvalue weighted by atomic mass is 79.9. The van der Waals surface area contributed by atoms with E-state index in [4.69, 9.17) is 4.74 Å². The summed E-state index contributed by atoms with van der Waals surface area (Å²) in [5.74, 6) is 0.858. The van der Waals surface area contributed by atoms with Crippen LogP contribution in [-0.4, -0.2) is 24.4 Å². The van der Waals surface area contributed by atoms with Crippen molar-refractivity contribution in [1.29, 1.82) is 0 Å². The predicted molar refractivity (Wildman–Crippen MR) is 73.3 cm³/mol. The molecule has 4 heteroatoms. The molecule has 0 heterocycles. The molecule has 17 heavy (non-hydrogen) atoms. The van der Waals surface area contributed by atoms with E-state index in [1.54, 1.807) is 7.11 Å². The third kappa shape index (κ3) is 3.98. The summed E-state index contributed by atoms with van der Waals surface area (Å²) < 4.78 is 6.33. The Kier molecular flexibility index (Phi) is 5.43. The van der Waals surface area contributed by atoms with E-state index in [1.165, 1.54) is 0 Å². The van der Waals surface area contributed by atoms with Crippen LogP contribution in [0.2, 0.25) is 0 Å². The predicted octanol–water partition coefficient (Wildman–Crippen LogP) is 2.71. The van der Waals surface area contributed by atoms with E-state index >= 15 is 0 Å². The van der Waals surface area contributed by atoms with Crippen LogP contribution < -0.4 is 10.1 Å². The fourth-order valence-electron chi connectivity index (χ4n) is 1.49. The summed E-state index contributed by atoms with van der Waals surface area (Å²) in [5.41, 5.74) is 0.836. The van der Waals surface area contributed by atoms with Gasteiger partial charge in [-0.05, 0) is 31.5 Å². The molecule has 1 rings (SSSR count). The molecule has 2 N–H and O–H groups in total. The van der Waals surface area contributed by atoms with Gasteiger partial charge in [0, 0.05) is 22.1 Å². The average Bonchev–Trinajstić information content (AvgIpc) is 2.36. The van der Waals surface area contributed by atoms with Crippen molar-refractivity contribution >= 4 is 15.9 Å². The number of methoxy groups -OCH3 is 1. The summed E-state index contributed by atoms with van der Waals surface area (Å²) >= 11 is 3.45. The van der Waals surface area contributed by atoms with Gasteiger partial charge in [0.25, 0.3) is 0 Å². The van der Waals surface area contributed by atoms with Crippen molar-refractivity contribution in [3.8, 4) is 5.75 Å². The molecule has 96 valence electrons. The van der Waals surface area contributed by atoms with Crippen LogP contribution in [0.15, 0.2) is 22.7 Å². The molecule has 0 saturated heterocycles. The fourth-order valence-corrected chi connectivity index (χ4v) is 1.90. The first-order valence-electron chi connectivity index (χ1n) is 5.73. The van der Waals surface area contributed by atoms with Crippen molar-refractivity contribution in [3.05, 3.63) is 28.2 Å². The first-order valence-corrected chi connectivity index (χ1v) is 6.52.